The number of hydrogen-bond donors (Lipinski definition) is 1. The minimum absolute atomic E-state index is 0.00644. The lowest BCUT2D eigenvalue weighted by Gasteiger charge is -2.30. The molecule has 0 aromatic heterocycles. The lowest BCUT2D eigenvalue weighted by Crippen LogP contribution is -2.49. The first kappa shape index (κ1) is 19.9. The molecule has 5 nitrogen and oxygen atoms in total. The molecule has 1 unspecified atom stereocenters. The van der Waals surface area contributed by atoms with Crippen LogP contribution in [0.1, 0.15) is 24.5 Å². The van der Waals surface area contributed by atoms with Gasteiger partial charge >= 0.3 is 0 Å². The van der Waals surface area contributed by atoms with Crippen LogP contribution in [0.3, 0.4) is 0 Å². The molecule has 1 atom stereocenters. The van der Waals surface area contributed by atoms with Crippen molar-refractivity contribution in [2.45, 2.75) is 32.9 Å². The van der Waals surface area contributed by atoms with E-state index in [-0.39, 0.29) is 13.0 Å². The summed E-state index contributed by atoms with van der Waals surface area (Å²) in [5.41, 5.74) is 1.75. The standard InChI is InChI=1S/C19H23FN2O3S/c1-4-18(19(23)21-13-15-7-5-6-8-17(15)20)22(26(3,24)25)16-11-9-14(2)10-12-16/h5-12,18H,4,13H2,1-3H3,(H,21,23). The zero-order valence-corrected chi connectivity index (χ0v) is 15.9. The number of aryl methyl sites for hydroxylation is 1. The van der Waals surface area contributed by atoms with Crippen LogP contribution in [0.25, 0.3) is 0 Å². The van der Waals surface area contributed by atoms with Gasteiger partial charge in [0.15, 0.2) is 0 Å². The molecule has 2 aromatic carbocycles. The Hall–Kier alpha value is -2.41. The van der Waals surface area contributed by atoms with Gasteiger partial charge in [0, 0.05) is 12.1 Å². The molecule has 0 radical (unpaired) electrons. The number of amides is 1. The largest absolute Gasteiger partial charge is 0.350 e. The van der Waals surface area contributed by atoms with Gasteiger partial charge in [-0.15, -0.1) is 0 Å². The number of nitrogens with one attached hydrogen (secondary N) is 1. The number of hydrogen-bond acceptors (Lipinski definition) is 3. The van der Waals surface area contributed by atoms with E-state index >= 15 is 0 Å². The topological polar surface area (TPSA) is 66.5 Å². The monoisotopic (exact) mass is 378 g/mol. The Morgan fingerprint density at radius 3 is 2.31 bits per heavy atom. The van der Waals surface area contributed by atoms with E-state index in [4.69, 9.17) is 0 Å². The highest BCUT2D eigenvalue weighted by Crippen LogP contribution is 2.23. The normalized spacial score (nSPS) is 12.5. The van der Waals surface area contributed by atoms with Crippen molar-refractivity contribution in [2.24, 2.45) is 0 Å². The van der Waals surface area contributed by atoms with Crippen LogP contribution in [0.15, 0.2) is 48.5 Å². The molecule has 2 aromatic rings. The molecule has 1 N–H and O–H groups in total. The van der Waals surface area contributed by atoms with Crippen molar-refractivity contribution in [3.8, 4) is 0 Å². The first-order valence-corrected chi connectivity index (χ1v) is 10.2. The molecule has 0 aliphatic heterocycles. The third-order valence-corrected chi connectivity index (χ3v) is 5.21. The van der Waals surface area contributed by atoms with Gasteiger partial charge in [-0.1, -0.05) is 42.8 Å². The molecule has 0 heterocycles. The molecule has 26 heavy (non-hydrogen) atoms. The summed E-state index contributed by atoms with van der Waals surface area (Å²) in [6.45, 7) is 3.63. The quantitative estimate of drug-likeness (QED) is 0.805. The van der Waals surface area contributed by atoms with Gasteiger partial charge in [-0.05, 0) is 31.5 Å². The number of benzene rings is 2. The highest BCUT2D eigenvalue weighted by molar-refractivity contribution is 7.92. The van der Waals surface area contributed by atoms with E-state index in [0.717, 1.165) is 16.1 Å². The second kappa shape index (κ2) is 8.31. The van der Waals surface area contributed by atoms with Crippen LogP contribution in [0, 0.1) is 12.7 Å². The molecule has 0 aliphatic carbocycles. The molecular weight excluding hydrogens is 355 g/mol. The minimum atomic E-state index is -3.68. The molecule has 0 fully saturated rings. The zero-order chi connectivity index (χ0) is 19.3. The van der Waals surface area contributed by atoms with Gasteiger partial charge in [-0.25, -0.2) is 12.8 Å². The Morgan fingerprint density at radius 1 is 1.15 bits per heavy atom. The molecule has 0 bridgehead atoms. The SMILES string of the molecule is CCC(C(=O)NCc1ccccc1F)N(c1ccc(C)cc1)S(C)(=O)=O. The number of carbonyl (C=O) groups is 1. The Bertz CT molecular complexity index is 867. The smallest absolute Gasteiger partial charge is 0.244 e. The molecular formula is C19H23FN2O3S. The maximum Gasteiger partial charge on any atom is 0.244 e. The van der Waals surface area contributed by atoms with E-state index in [1.807, 2.05) is 6.92 Å². The van der Waals surface area contributed by atoms with Crippen molar-refractivity contribution in [1.29, 1.82) is 0 Å². The van der Waals surface area contributed by atoms with Crippen molar-refractivity contribution in [1.82, 2.24) is 5.32 Å². The van der Waals surface area contributed by atoms with Gasteiger partial charge in [-0.3, -0.25) is 9.10 Å². The number of sulfonamides is 1. The summed E-state index contributed by atoms with van der Waals surface area (Å²) in [5.74, 6) is -0.888. The average molecular weight is 378 g/mol. The fraction of sp³-hybridized carbons (Fsp3) is 0.316. The highest BCUT2D eigenvalue weighted by Gasteiger charge is 2.31. The molecule has 0 aliphatic rings. The lowest BCUT2D eigenvalue weighted by molar-refractivity contribution is -0.122. The summed E-state index contributed by atoms with van der Waals surface area (Å²) in [5, 5.41) is 2.64. The highest BCUT2D eigenvalue weighted by atomic mass is 32.2. The first-order chi connectivity index (χ1) is 12.2. The van der Waals surface area contributed by atoms with Crippen LogP contribution in [0.4, 0.5) is 10.1 Å². The average Bonchev–Trinajstić information content (AvgIpc) is 2.58. The summed E-state index contributed by atoms with van der Waals surface area (Å²) in [6.07, 6.45) is 1.35. The van der Waals surface area contributed by atoms with Crippen molar-refractivity contribution in [3.63, 3.8) is 0 Å². The zero-order valence-electron chi connectivity index (χ0n) is 15.1. The number of nitrogens with zero attached hydrogens (tertiary/aromatic N) is 1. The summed E-state index contributed by atoms with van der Waals surface area (Å²) >= 11 is 0. The van der Waals surface area contributed by atoms with Gasteiger partial charge in [0.2, 0.25) is 15.9 Å². The predicted octanol–water partition coefficient (Wildman–Crippen LogP) is 3.00. The van der Waals surface area contributed by atoms with Gasteiger partial charge < -0.3 is 5.32 Å². The number of anilines is 1. The summed E-state index contributed by atoms with van der Waals surface area (Å²) in [7, 11) is -3.68. The maximum absolute atomic E-state index is 13.7. The predicted molar refractivity (Wildman–Crippen MR) is 101 cm³/mol. The van der Waals surface area contributed by atoms with Crippen molar-refractivity contribution < 1.29 is 17.6 Å². The van der Waals surface area contributed by atoms with E-state index in [2.05, 4.69) is 5.32 Å². The fourth-order valence-corrected chi connectivity index (χ4v) is 3.91. The lowest BCUT2D eigenvalue weighted by atomic mass is 10.1. The molecule has 140 valence electrons. The van der Waals surface area contributed by atoms with E-state index in [9.17, 15) is 17.6 Å². The Balaban J connectivity index is 2.25. The molecule has 1 amide bonds. The number of carbonyl (C=O) groups excluding carboxylic acids is 1. The van der Waals surface area contributed by atoms with Crippen molar-refractivity contribution in [2.75, 3.05) is 10.6 Å². The van der Waals surface area contributed by atoms with Crippen LogP contribution in [0.5, 0.6) is 0 Å². The summed E-state index contributed by atoms with van der Waals surface area (Å²) in [4.78, 5) is 12.6. The third kappa shape index (κ3) is 4.82. The first-order valence-electron chi connectivity index (χ1n) is 8.31. The van der Waals surface area contributed by atoms with E-state index in [0.29, 0.717) is 11.3 Å². The molecule has 0 saturated carbocycles. The van der Waals surface area contributed by atoms with Crippen molar-refractivity contribution >= 4 is 21.6 Å². The van der Waals surface area contributed by atoms with Gasteiger partial charge in [0.25, 0.3) is 0 Å². The van der Waals surface area contributed by atoms with Crippen molar-refractivity contribution in [3.05, 3.63) is 65.5 Å². The second-order valence-corrected chi connectivity index (χ2v) is 7.99. The van der Waals surface area contributed by atoms with Crippen LogP contribution in [-0.4, -0.2) is 26.6 Å². The summed E-state index contributed by atoms with van der Waals surface area (Å²) < 4.78 is 39.5. The fourth-order valence-electron chi connectivity index (χ4n) is 2.69. The van der Waals surface area contributed by atoms with E-state index < -0.39 is 27.8 Å². The molecule has 0 spiro atoms. The molecule has 7 heteroatoms. The third-order valence-electron chi connectivity index (χ3n) is 4.03. The maximum atomic E-state index is 13.7. The van der Waals surface area contributed by atoms with E-state index in [1.165, 1.54) is 6.07 Å². The molecule has 2 rings (SSSR count). The Labute approximate surface area is 153 Å². The van der Waals surface area contributed by atoms with Crippen LogP contribution >= 0.6 is 0 Å². The van der Waals surface area contributed by atoms with Gasteiger partial charge in [0.05, 0.1) is 11.9 Å². The summed E-state index contributed by atoms with van der Waals surface area (Å²) in [6, 6.07) is 12.1. The minimum Gasteiger partial charge on any atom is -0.350 e. The van der Waals surface area contributed by atoms with E-state index in [1.54, 1.807) is 49.4 Å². The van der Waals surface area contributed by atoms with Crippen LogP contribution in [-0.2, 0) is 21.4 Å². The number of rotatable bonds is 7. The second-order valence-electron chi connectivity index (χ2n) is 6.13. The van der Waals surface area contributed by atoms with Gasteiger partial charge in [-0.2, -0.15) is 0 Å². The Morgan fingerprint density at radius 2 is 1.77 bits per heavy atom. The number of halogens is 1. The Kier molecular flexibility index (Phi) is 6.37. The van der Waals surface area contributed by atoms with Crippen LogP contribution in [0.2, 0.25) is 0 Å². The van der Waals surface area contributed by atoms with Gasteiger partial charge in [0.1, 0.15) is 11.9 Å². The molecule has 0 saturated heterocycles. The van der Waals surface area contributed by atoms with Crippen LogP contribution < -0.4 is 9.62 Å².